The Morgan fingerprint density at radius 1 is 1.29 bits per heavy atom. The first-order chi connectivity index (χ1) is 13.5. The molecule has 2 fully saturated rings. The van der Waals surface area contributed by atoms with Crippen molar-refractivity contribution in [3.05, 3.63) is 35.6 Å². The Kier molecular flexibility index (Phi) is 6.94. The van der Waals surface area contributed by atoms with Crippen molar-refractivity contribution in [3.8, 4) is 0 Å². The van der Waals surface area contributed by atoms with Crippen molar-refractivity contribution in [1.82, 2.24) is 20.4 Å². The quantitative estimate of drug-likeness (QED) is 0.628. The van der Waals surface area contributed by atoms with Crippen molar-refractivity contribution in [2.24, 2.45) is 0 Å². The minimum absolute atomic E-state index is 0.00464. The molecule has 2 aliphatic heterocycles. The monoisotopic (exact) mass is 392 g/mol. The Labute approximate surface area is 163 Å². The van der Waals surface area contributed by atoms with Gasteiger partial charge in [0.2, 0.25) is 5.91 Å². The largest absolute Gasteiger partial charge is 0.379 e. The fourth-order valence-corrected chi connectivity index (χ4v) is 3.28. The van der Waals surface area contributed by atoms with E-state index in [2.05, 4.69) is 15.5 Å². The molecule has 2 saturated heterocycles. The average molecular weight is 392 g/mol. The topological polar surface area (TPSA) is 91.0 Å². The number of urea groups is 1. The van der Waals surface area contributed by atoms with E-state index in [9.17, 15) is 18.8 Å². The lowest BCUT2D eigenvalue weighted by atomic mass is 10.1. The lowest BCUT2D eigenvalue weighted by molar-refractivity contribution is -0.128. The van der Waals surface area contributed by atoms with Crippen LogP contribution in [0.15, 0.2) is 24.3 Å². The number of nitrogens with one attached hydrogen (secondary N) is 2. The molecule has 0 bridgehead atoms. The summed E-state index contributed by atoms with van der Waals surface area (Å²) in [4.78, 5) is 39.8. The lowest BCUT2D eigenvalue weighted by Crippen LogP contribution is -2.41. The maximum atomic E-state index is 13.3. The third-order valence-electron chi connectivity index (χ3n) is 4.85. The molecule has 0 saturated carbocycles. The summed E-state index contributed by atoms with van der Waals surface area (Å²) >= 11 is 0. The Morgan fingerprint density at radius 3 is 2.82 bits per heavy atom. The number of carbonyl (C=O) groups excluding carboxylic acids is 3. The van der Waals surface area contributed by atoms with Gasteiger partial charge in [0, 0.05) is 32.6 Å². The van der Waals surface area contributed by atoms with Crippen molar-refractivity contribution in [1.29, 1.82) is 0 Å². The van der Waals surface area contributed by atoms with Crippen molar-refractivity contribution in [3.63, 3.8) is 0 Å². The van der Waals surface area contributed by atoms with Gasteiger partial charge in [0.05, 0.1) is 19.8 Å². The van der Waals surface area contributed by atoms with Crippen LogP contribution >= 0.6 is 0 Å². The molecule has 0 spiro atoms. The minimum Gasteiger partial charge on any atom is -0.379 e. The highest BCUT2D eigenvalue weighted by atomic mass is 19.1. The van der Waals surface area contributed by atoms with E-state index in [1.165, 1.54) is 18.2 Å². The van der Waals surface area contributed by atoms with Gasteiger partial charge >= 0.3 is 6.03 Å². The van der Waals surface area contributed by atoms with Gasteiger partial charge in [-0.05, 0) is 24.1 Å². The summed E-state index contributed by atoms with van der Waals surface area (Å²) in [7, 11) is 0. The van der Waals surface area contributed by atoms with E-state index < -0.39 is 23.8 Å². The van der Waals surface area contributed by atoms with Crippen molar-refractivity contribution in [2.45, 2.75) is 25.4 Å². The number of hydrogen-bond donors (Lipinski definition) is 2. The zero-order valence-corrected chi connectivity index (χ0v) is 15.7. The van der Waals surface area contributed by atoms with Crippen LogP contribution in [0.2, 0.25) is 0 Å². The number of carbonyl (C=O) groups is 3. The van der Waals surface area contributed by atoms with E-state index in [0.29, 0.717) is 25.3 Å². The molecule has 4 amide bonds. The highest BCUT2D eigenvalue weighted by molar-refractivity contribution is 6.04. The standard InChI is InChI=1S/C19H25FN4O4/c20-15-3-1-2-14(12-15)13-24-18(26)16(22-19(24)27)4-5-17(25)21-6-7-23-8-10-28-11-9-23/h1-3,12,16H,4-11,13H2,(H,21,25)(H,22,27)/t16-/m0/s1. The zero-order valence-electron chi connectivity index (χ0n) is 15.7. The number of hydrogen-bond acceptors (Lipinski definition) is 5. The van der Waals surface area contributed by atoms with Gasteiger partial charge in [-0.3, -0.25) is 19.4 Å². The highest BCUT2D eigenvalue weighted by Gasteiger charge is 2.37. The summed E-state index contributed by atoms with van der Waals surface area (Å²) in [6.07, 6.45) is 0.376. The highest BCUT2D eigenvalue weighted by Crippen LogP contribution is 2.15. The molecule has 3 rings (SSSR count). The molecule has 152 valence electrons. The number of nitrogens with zero attached hydrogens (tertiary/aromatic N) is 2. The van der Waals surface area contributed by atoms with Gasteiger partial charge in [-0.25, -0.2) is 9.18 Å². The second-order valence-electron chi connectivity index (χ2n) is 6.90. The van der Waals surface area contributed by atoms with E-state index in [-0.39, 0.29) is 25.3 Å². The molecule has 8 nitrogen and oxygen atoms in total. The molecule has 0 radical (unpaired) electrons. The number of amides is 4. The first-order valence-electron chi connectivity index (χ1n) is 9.46. The Hall–Kier alpha value is -2.52. The molecule has 1 aromatic rings. The van der Waals surface area contributed by atoms with Crippen LogP contribution in [-0.4, -0.2) is 73.1 Å². The Balaban J connectivity index is 1.40. The van der Waals surface area contributed by atoms with Gasteiger partial charge in [0.1, 0.15) is 11.9 Å². The third-order valence-corrected chi connectivity index (χ3v) is 4.85. The summed E-state index contributed by atoms with van der Waals surface area (Å²) in [6, 6.07) is 4.52. The SMILES string of the molecule is O=C(CC[C@@H]1NC(=O)N(Cc2cccc(F)c2)C1=O)NCCN1CCOCC1. The van der Waals surface area contributed by atoms with Crippen LogP contribution < -0.4 is 10.6 Å². The summed E-state index contributed by atoms with van der Waals surface area (Å²) in [6.45, 7) is 4.45. The van der Waals surface area contributed by atoms with Crippen LogP contribution in [0.25, 0.3) is 0 Å². The van der Waals surface area contributed by atoms with E-state index in [4.69, 9.17) is 4.74 Å². The first-order valence-corrected chi connectivity index (χ1v) is 9.46. The molecule has 2 heterocycles. The van der Waals surface area contributed by atoms with Gasteiger partial charge in [0.25, 0.3) is 5.91 Å². The van der Waals surface area contributed by atoms with Gasteiger partial charge in [-0.1, -0.05) is 12.1 Å². The van der Waals surface area contributed by atoms with Crippen molar-refractivity contribution in [2.75, 3.05) is 39.4 Å². The fraction of sp³-hybridized carbons (Fsp3) is 0.526. The number of ether oxygens (including phenoxy) is 1. The predicted octanol–water partition coefficient (Wildman–Crippen LogP) is 0.475. The van der Waals surface area contributed by atoms with Crippen LogP contribution in [-0.2, 0) is 20.9 Å². The molecule has 9 heteroatoms. The van der Waals surface area contributed by atoms with E-state index in [0.717, 1.165) is 24.5 Å². The van der Waals surface area contributed by atoms with Crippen LogP contribution in [0.4, 0.5) is 9.18 Å². The second kappa shape index (κ2) is 9.61. The van der Waals surface area contributed by atoms with E-state index in [1.54, 1.807) is 6.07 Å². The molecular weight excluding hydrogens is 367 g/mol. The van der Waals surface area contributed by atoms with E-state index >= 15 is 0 Å². The van der Waals surface area contributed by atoms with Gasteiger partial charge in [0.15, 0.2) is 0 Å². The van der Waals surface area contributed by atoms with Gasteiger partial charge < -0.3 is 15.4 Å². The molecule has 0 aromatic heterocycles. The maximum absolute atomic E-state index is 13.3. The number of halogens is 1. The number of imide groups is 1. The average Bonchev–Trinajstić information content (AvgIpc) is 2.95. The summed E-state index contributed by atoms with van der Waals surface area (Å²) in [5.41, 5.74) is 0.532. The fourth-order valence-electron chi connectivity index (χ4n) is 3.28. The van der Waals surface area contributed by atoms with Gasteiger partial charge in [-0.15, -0.1) is 0 Å². The van der Waals surface area contributed by atoms with Crippen LogP contribution in [0.1, 0.15) is 18.4 Å². The summed E-state index contributed by atoms with van der Waals surface area (Å²) < 4.78 is 18.6. The van der Waals surface area contributed by atoms with Gasteiger partial charge in [-0.2, -0.15) is 0 Å². The molecule has 1 aromatic carbocycles. The molecule has 28 heavy (non-hydrogen) atoms. The molecular formula is C19H25FN4O4. The molecule has 2 N–H and O–H groups in total. The van der Waals surface area contributed by atoms with Crippen molar-refractivity contribution >= 4 is 17.8 Å². The summed E-state index contributed by atoms with van der Waals surface area (Å²) in [5, 5.41) is 5.43. The zero-order chi connectivity index (χ0) is 19.9. The smallest absolute Gasteiger partial charge is 0.325 e. The molecule has 2 aliphatic rings. The van der Waals surface area contributed by atoms with E-state index in [1.807, 2.05) is 0 Å². The Morgan fingerprint density at radius 2 is 2.07 bits per heavy atom. The normalized spacial score (nSPS) is 20.3. The predicted molar refractivity (Wildman–Crippen MR) is 98.8 cm³/mol. The molecule has 0 aliphatic carbocycles. The number of morpholine rings is 1. The minimum atomic E-state index is -0.731. The second-order valence-corrected chi connectivity index (χ2v) is 6.90. The van der Waals surface area contributed by atoms with Crippen LogP contribution in [0, 0.1) is 5.82 Å². The number of rotatable bonds is 8. The summed E-state index contributed by atoms with van der Waals surface area (Å²) in [5.74, 6) is -0.968. The number of benzene rings is 1. The maximum Gasteiger partial charge on any atom is 0.325 e. The molecule has 1 atom stereocenters. The first kappa shape index (κ1) is 20.2. The van der Waals surface area contributed by atoms with Crippen LogP contribution in [0.3, 0.4) is 0 Å². The van der Waals surface area contributed by atoms with Crippen LogP contribution in [0.5, 0.6) is 0 Å². The van der Waals surface area contributed by atoms with Crippen molar-refractivity contribution < 1.29 is 23.5 Å². The lowest BCUT2D eigenvalue weighted by Gasteiger charge is -2.26. The molecule has 0 unspecified atom stereocenters. The third kappa shape index (κ3) is 5.49. The Bertz CT molecular complexity index is 724.